The van der Waals surface area contributed by atoms with Crippen molar-refractivity contribution in [2.45, 2.75) is 52.0 Å². The van der Waals surface area contributed by atoms with Gasteiger partial charge in [0.2, 0.25) is 11.8 Å². The maximum absolute atomic E-state index is 12.9. The number of carbonyl (C=O) groups is 2. The summed E-state index contributed by atoms with van der Waals surface area (Å²) >= 11 is 0. The molecule has 0 unspecified atom stereocenters. The summed E-state index contributed by atoms with van der Waals surface area (Å²) in [6.07, 6.45) is 4.85. The van der Waals surface area contributed by atoms with Crippen molar-refractivity contribution in [3.05, 3.63) is 29.8 Å². The monoisotopic (exact) mass is 379 g/mol. The average molecular weight is 380 g/mol. The molecule has 144 valence electrons. The lowest BCUT2D eigenvalue weighted by Crippen LogP contribution is -2.44. The molecule has 0 bridgehead atoms. The molecule has 2 atom stereocenters. The number of hydrogen-bond acceptors (Lipinski definition) is 3. The molecule has 2 fully saturated rings. The zero-order valence-electron chi connectivity index (χ0n) is 15.6. The van der Waals surface area contributed by atoms with Crippen molar-refractivity contribution in [1.82, 2.24) is 10.6 Å². The van der Waals surface area contributed by atoms with Crippen LogP contribution in [-0.4, -0.2) is 30.9 Å². The molecule has 3 N–H and O–H groups in total. The van der Waals surface area contributed by atoms with E-state index in [1.165, 1.54) is 6.42 Å². The molecule has 6 heteroatoms. The Morgan fingerprint density at radius 1 is 1.23 bits per heavy atom. The Morgan fingerprint density at radius 3 is 2.65 bits per heavy atom. The van der Waals surface area contributed by atoms with Crippen LogP contribution in [0.5, 0.6) is 0 Å². The molecule has 1 saturated carbocycles. The predicted molar refractivity (Wildman–Crippen MR) is 107 cm³/mol. The van der Waals surface area contributed by atoms with Crippen molar-refractivity contribution in [2.24, 2.45) is 11.3 Å². The molecule has 0 radical (unpaired) electrons. The van der Waals surface area contributed by atoms with E-state index < -0.39 is 0 Å². The third kappa shape index (κ3) is 4.57. The number of anilines is 1. The molecule has 1 aromatic rings. The molecular weight excluding hydrogens is 350 g/mol. The van der Waals surface area contributed by atoms with Crippen LogP contribution in [0.1, 0.15) is 45.1 Å². The molecule has 1 saturated heterocycles. The Hall–Kier alpha value is -1.59. The van der Waals surface area contributed by atoms with E-state index >= 15 is 0 Å². The van der Waals surface area contributed by atoms with Crippen LogP contribution in [0.4, 0.5) is 5.69 Å². The Morgan fingerprint density at radius 2 is 1.96 bits per heavy atom. The number of carbonyl (C=O) groups excluding carboxylic acids is 2. The maximum atomic E-state index is 12.9. The molecule has 0 spiro atoms. The van der Waals surface area contributed by atoms with Crippen LogP contribution < -0.4 is 16.0 Å². The highest BCUT2D eigenvalue weighted by Crippen LogP contribution is 2.44. The molecule has 2 amide bonds. The van der Waals surface area contributed by atoms with E-state index in [2.05, 4.69) is 16.0 Å². The van der Waals surface area contributed by atoms with Crippen LogP contribution in [0.3, 0.4) is 0 Å². The summed E-state index contributed by atoms with van der Waals surface area (Å²) in [4.78, 5) is 24.8. The summed E-state index contributed by atoms with van der Waals surface area (Å²) in [5, 5.41) is 9.41. The minimum Gasteiger partial charge on any atom is -0.354 e. The minimum atomic E-state index is -0.242. The SMILES string of the molecule is CC(C)NC(=O)Cc1ccc(NC(=O)[C@@]23CCCC[C@H]2CNC3)cc1.Cl. The lowest BCUT2D eigenvalue weighted by Gasteiger charge is -2.37. The fourth-order valence-electron chi connectivity index (χ4n) is 4.21. The summed E-state index contributed by atoms with van der Waals surface area (Å²) in [5.74, 6) is 0.625. The largest absolute Gasteiger partial charge is 0.354 e. The highest BCUT2D eigenvalue weighted by molar-refractivity contribution is 5.96. The Labute approximate surface area is 162 Å². The van der Waals surface area contributed by atoms with Gasteiger partial charge in [0.1, 0.15) is 0 Å². The smallest absolute Gasteiger partial charge is 0.232 e. The van der Waals surface area contributed by atoms with Crippen LogP contribution in [0.2, 0.25) is 0 Å². The summed E-state index contributed by atoms with van der Waals surface area (Å²) in [7, 11) is 0. The first kappa shape index (κ1) is 20.7. The molecule has 1 aliphatic heterocycles. The van der Waals surface area contributed by atoms with Crippen LogP contribution in [-0.2, 0) is 16.0 Å². The van der Waals surface area contributed by atoms with Gasteiger partial charge in [-0.15, -0.1) is 12.4 Å². The van der Waals surface area contributed by atoms with E-state index in [0.29, 0.717) is 12.3 Å². The zero-order valence-corrected chi connectivity index (χ0v) is 16.5. The fourth-order valence-corrected chi connectivity index (χ4v) is 4.21. The second-order valence-electron chi connectivity index (χ2n) is 7.78. The van der Waals surface area contributed by atoms with Gasteiger partial charge < -0.3 is 16.0 Å². The quantitative estimate of drug-likeness (QED) is 0.736. The van der Waals surface area contributed by atoms with Crippen molar-refractivity contribution >= 4 is 29.9 Å². The van der Waals surface area contributed by atoms with E-state index in [1.807, 2.05) is 38.1 Å². The van der Waals surface area contributed by atoms with Gasteiger partial charge >= 0.3 is 0 Å². The summed E-state index contributed by atoms with van der Waals surface area (Å²) < 4.78 is 0. The molecule has 26 heavy (non-hydrogen) atoms. The number of halogens is 1. The first-order chi connectivity index (χ1) is 12.0. The van der Waals surface area contributed by atoms with Crippen LogP contribution in [0.15, 0.2) is 24.3 Å². The molecule has 0 aromatic heterocycles. The average Bonchev–Trinajstić information content (AvgIpc) is 3.01. The summed E-state index contributed by atoms with van der Waals surface area (Å²) in [6, 6.07) is 7.77. The second kappa shape index (κ2) is 8.87. The van der Waals surface area contributed by atoms with Gasteiger partial charge in [0.25, 0.3) is 0 Å². The third-order valence-corrected chi connectivity index (χ3v) is 5.52. The first-order valence-corrected chi connectivity index (χ1v) is 9.40. The number of benzene rings is 1. The van der Waals surface area contributed by atoms with Crippen molar-refractivity contribution < 1.29 is 9.59 Å². The van der Waals surface area contributed by atoms with E-state index in [4.69, 9.17) is 0 Å². The molecular formula is C20H30ClN3O2. The number of nitrogens with one attached hydrogen (secondary N) is 3. The Balaban J connectivity index is 0.00000243. The molecule has 1 aliphatic carbocycles. The van der Waals surface area contributed by atoms with Crippen molar-refractivity contribution in [2.75, 3.05) is 18.4 Å². The number of fused-ring (bicyclic) bond motifs is 1. The van der Waals surface area contributed by atoms with Gasteiger partial charge in [-0.1, -0.05) is 25.0 Å². The standard InChI is InChI=1S/C20H29N3O2.ClH/c1-14(2)22-18(24)11-15-6-8-17(9-7-15)23-19(25)20-10-4-3-5-16(20)12-21-13-20;/h6-9,14,16,21H,3-5,10-13H2,1-2H3,(H,22,24)(H,23,25);1H/t16-,20+;/m0./s1. The number of rotatable bonds is 5. The minimum absolute atomic E-state index is 0. The van der Waals surface area contributed by atoms with Gasteiger partial charge in [-0.25, -0.2) is 0 Å². The lowest BCUT2D eigenvalue weighted by atomic mass is 9.67. The number of hydrogen-bond donors (Lipinski definition) is 3. The number of amides is 2. The highest BCUT2D eigenvalue weighted by Gasteiger charge is 2.49. The molecule has 5 nitrogen and oxygen atoms in total. The van der Waals surface area contributed by atoms with Crippen LogP contribution >= 0.6 is 12.4 Å². The van der Waals surface area contributed by atoms with Gasteiger partial charge in [-0.05, 0) is 56.8 Å². The topological polar surface area (TPSA) is 70.2 Å². The van der Waals surface area contributed by atoms with Crippen LogP contribution in [0.25, 0.3) is 0 Å². The van der Waals surface area contributed by atoms with Crippen molar-refractivity contribution in [1.29, 1.82) is 0 Å². The van der Waals surface area contributed by atoms with Gasteiger partial charge in [0, 0.05) is 18.3 Å². The third-order valence-electron chi connectivity index (χ3n) is 5.52. The predicted octanol–water partition coefficient (Wildman–Crippen LogP) is 2.89. The highest BCUT2D eigenvalue weighted by atomic mass is 35.5. The Bertz CT molecular complexity index is 632. The molecule has 2 aliphatic rings. The van der Waals surface area contributed by atoms with Gasteiger partial charge in [-0.2, -0.15) is 0 Å². The second-order valence-corrected chi connectivity index (χ2v) is 7.78. The Kier molecular flexibility index (Phi) is 7.07. The lowest BCUT2D eigenvalue weighted by molar-refractivity contribution is -0.128. The molecule has 1 aromatic carbocycles. The zero-order chi connectivity index (χ0) is 17.9. The fraction of sp³-hybridized carbons (Fsp3) is 0.600. The van der Waals surface area contributed by atoms with E-state index in [-0.39, 0.29) is 35.7 Å². The van der Waals surface area contributed by atoms with E-state index in [9.17, 15) is 9.59 Å². The van der Waals surface area contributed by atoms with Gasteiger partial charge in [0.15, 0.2) is 0 Å². The van der Waals surface area contributed by atoms with Crippen molar-refractivity contribution in [3.63, 3.8) is 0 Å². The van der Waals surface area contributed by atoms with Gasteiger partial charge in [0.05, 0.1) is 11.8 Å². The van der Waals surface area contributed by atoms with Crippen LogP contribution in [0, 0.1) is 11.3 Å². The maximum Gasteiger partial charge on any atom is 0.232 e. The first-order valence-electron chi connectivity index (χ1n) is 9.40. The van der Waals surface area contributed by atoms with Gasteiger partial charge in [-0.3, -0.25) is 9.59 Å². The van der Waals surface area contributed by atoms with E-state index in [1.54, 1.807) is 0 Å². The van der Waals surface area contributed by atoms with E-state index in [0.717, 1.165) is 43.6 Å². The summed E-state index contributed by atoms with van der Waals surface area (Å²) in [6.45, 7) is 5.65. The van der Waals surface area contributed by atoms with Crippen molar-refractivity contribution in [3.8, 4) is 0 Å². The molecule has 1 heterocycles. The summed E-state index contributed by atoms with van der Waals surface area (Å²) in [5.41, 5.74) is 1.52. The normalized spacial score (nSPS) is 24.5. The molecule has 3 rings (SSSR count).